The number of alkyl halides is 1. The minimum Gasteiger partial charge on any atom is -0.302 e. The Hall–Kier alpha value is -0.820. The van der Waals surface area contributed by atoms with Crippen molar-refractivity contribution in [3.8, 4) is 0 Å². The predicted molar refractivity (Wildman–Crippen MR) is 55.2 cm³/mol. The highest BCUT2D eigenvalue weighted by Gasteiger charge is 2.02. The Morgan fingerprint density at radius 1 is 1.31 bits per heavy atom. The maximum atomic E-state index is 10.3. The van der Waals surface area contributed by atoms with Gasteiger partial charge >= 0.3 is 0 Å². The molecule has 1 aromatic carbocycles. The quantitative estimate of drug-likeness (QED) is 0.535. The van der Waals surface area contributed by atoms with Crippen molar-refractivity contribution in [1.29, 1.82) is 0 Å². The van der Waals surface area contributed by atoms with E-state index in [9.17, 15) is 4.79 Å². The van der Waals surface area contributed by atoms with Gasteiger partial charge in [0.15, 0.2) is 0 Å². The average molecular weight is 197 g/mol. The standard InChI is InChI=1S/C11H13ClO/c1-2-9-3-5-10(6-4-9)7-11(12)8-13/h3-6,8,11H,2,7H2,1H3. The molecule has 0 spiro atoms. The van der Waals surface area contributed by atoms with Crippen molar-refractivity contribution in [2.45, 2.75) is 25.1 Å². The molecule has 0 radical (unpaired) electrons. The summed E-state index contributed by atoms with van der Waals surface area (Å²) in [5.41, 5.74) is 2.42. The van der Waals surface area contributed by atoms with Gasteiger partial charge in [-0.05, 0) is 24.0 Å². The molecule has 2 heteroatoms. The van der Waals surface area contributed by atoms with Gasteiger partial charge in [-0.15, -0.1) is 11.6 Å². The number of halogens is 1. The van der Waals surface area contributed by atoms with Crippen LogP contribution in [-0.2, 0) is 17.6 Å². The molecule has 1 unspecified atom stereocenters. The highest BCUT2D eigenvalue weighted by atomic mass is 35.5. The molecule has 1 atom stereocenters. The zero-order valence-electron chi connectivity index (χ0n) is 7.66. The van der Waals surface area contributed by atoms with E-state index in [1.54, 1.807) is 0 Å². The Labute approximate surface area is 83.7 Å². The molecule has 0 fully saturated rings. The largest absolute Gasteiger partial charge is 0.302 e. The first-order valence-corrected chi connectivity index (χ1v) is 4.87. The van der Waals surface area contributed by atoms with Gasteiger partial charge in [-0.2, -0.15) is 0 Å². The fourth-order valence-corrected chi connectivity index (χ4v) is 1.36. The molecule has 1 rings (SSSR count). The zero-order chi connectivity index (χ0) is 9.68. The number of benzene rings is 1. The predicted octanol–water partition coefficient (Wildman–Crippen LogP) is 2.60. The molecule has 0 aliphatic carbocycles. The Balaban J connectivity index is 2.63. The topological polar surface area (TPSA) is 17.1 Å². The molecule has 0 aromatic heterocycles. The number of hydrogen-bond donors (Lipinski definition) is 0. The molecule has 0 N–H and O–H groups in total. The molecule has 0 heterocycles. The summed E-state index contributed by atoms with van der Waals surface area (Å²) >= 11 is 5.71. The van der Waals surface area contributed by atoms with Crippen molar-refractivity contribution < 1.29 is 4.79 Å². The lowest BCUT2D eigenvalue weighted by molar-refractivity contribution is -0.107. The Bertz CT molecular complexity index is 266. The minimum atomic E-state index is -0.396. The monoisotopic (exact) mass is 196 g/mol. The van der Waals surface area contributed by atoms with Crippen molar-refractivity contribution in [2.24, 2.45) is 0 Å². The highest BCUT2D eigenvalue weighted by molar-refractivity contribution is 6.27. The second-order valence-corrected chi connectivity index (χ2v) is 3.59. The van der Waals surface area contributed by atoms with Crippen molar-refractivity contribution >= 4 is 17.9 Å². The molecule has 70 valence electrons. The van der Waals surface area contributed by atoms with Gasteiger partial charge in [0.2, 0.25) is 0 Å². The van der Waals surface area contributed by atoms with Crippen LogP contribution in [0.15, 0.2) is 24.3 Å². The lowest BCUT2D eigenvalue weighted by atomic mass is 10.1. The fourth-order valence-electron chi connectivity index (χ4n) is 1.18. The molecule has 0 amide bonds. The van der Waals surface area contributed by atoms with Gasteiger partial charge < -0.3 is 4.79 Å². The van der Waals surface area contributed by atoms with E-state index in [0.29, 0.717) is 6.42 Å². The smallest absolute Gasteiger partial charge is 0.138 e. The molecule has 1 nitrogen and oxygen atoms in total. The van der Waals surface area contributed by atoms with E-state index in [1.165, 1.54) is 5.56 Å². The van der Waals surface area contributed by atoms with Crippen LogP contribution in [0.1, 0.15) is 18.1 Å². The first kappa shape index (κ1) is 10.3. The molecule has 0 aliphatic heterocycles. The van der Waals surface area contributed by atoms with E-state index in [-0.39, 0.29) is 0 Å². The summed E-state index contributed by atoms with van der Waals surface area (Å²) in [6.07, 6.45) is 2.43. The number of aryl methyl sites for hydroxylation is 1. The second kappa shape index (κ2) is 5.03. The van der Waals surface area contributed by atoms with Crippen LogP contribution in [-0.4, -0.2) is 11.7 Å². The molecule has 0 saturated carbocycles. The zero-order valence-corrected chi connectivity index (χ0v) is 8.42. The molecular formula is C11H13ClO. The van der Waals surface area contributed by atoms with E-state index in [0.717, 1.165) is 18.3 Å². The number of aldehydes is 1. The first-order chi connectivity index (χ1) is 6.26. The van der Waals surface area contributed by atoms with Crippen LogP contribution in [0.4, 0.5) is 0 Å². The molecule has 0 saturated heterocycles. The van der Waals surface area contributed by atoms with Crippen LogP contribution in [0, 0.1) is 0 Å². The van der Waals surface area contributed by atoms with E-state index in [4.69, 9.17) is 11.6 Å². The van der Waals surface area contributed by atoms with Crippen molar-refractivity contribution in [1.82, 2.24) is 0 Å². The van der Waals surface area contributed by atoms with Crippen LogP contribution < -0.4 is 0 Å². The minimum absolute atomic E-state index is 0.396. The van der Waals surface area contributed by atoms with Crippen LogP contribution in [0.25, 0.3) is 0 Å². The molecule has 0 bridgehead atoms. The Morgan fingerprint density at radius 2 is 1.85 bits per heavy atom. The van der Waals surface area contributed by atoms with E-state index >= 15 is 0 Å². The van der Waals surface area contributed by atoms with E-state index in [2.05, 4.69) is 19.1 Å². The Kier molecular flexibility index (Phi) is 3.97. The third-order valence-corrected chi connectivity index (χ3v) is 2.27. The fraction of sp³-hybridized carbons (Fsp3) is 0.364. The van der Waals surface area contributed by atoms with E-state index < -0.39 is 5.38 Å². The van der Waals surface area contributed by atoms with Gasteiger partial charge in [-0.1, -0.05) is 31.2 Å². The SMILES string of the molecule is CCc1ccc(CC(Cl)C=O)cc1. The van der Waals surface area contributed by atoms with Gasteiger partial charge in [-0.3, -0.25) is 0 Å². The summed E-state index contributed by atoms with van der Waals surface area (Å²) in [4.78, 5) is 10.3. The van der Waals surface area contributed by atoms with Crippen LogP contribution in [0.3, 0.4) is 0 Å². The first-order valence-electron chi connectivity index (χ1n) is 4.43. The summed E-state index contributed by atoms with van der Waals surface area (Å²) in [5, 5.41) is -0.396. The van der Waals surface area contributed by atoms with E-state index in [1.807, 2.05) is 12.1 Å². The number of carbonyl (C=O) groups excluding carboxylic acids is 1. The lowest BCUT2D eigenvalue weighted by Crippen LogP contribution is -2.03. The number of carbonyl (C=O) groups is 1. The molecule has 13 heavy (non-hydrogen) atoms. The maximum Gasteiger partial charge on any atom is 0.138 e. The van der Waals surface area contributed by atoms with Crippen LogP contribution >= 0.6 is 11.6 Å². The summed E-state index contributed by atoms with van der Waals surface area (Å²) in [6.45, 7) is 2.12. The summed E-state index contributed by atoms with van der Waals surface area (Å²) in [7, 11) is 0. The van der Waals surface area contributed by atoms with Gasteiger partial charge in [0.05, 0.1) is 5.38 Å². The Morgan fingerprint density at radius 3 is 2.31 bits per heavy atom. The number of rotatable bonds is 4. The van der Waals surface area contributed by atoms with Crippen molar-refractivity contribution in [3.05, 3.63) is 35.4 Å². The van der Waals surface area contributed by atoms with Gasteiger partial charge in [0.1, 0.15) is 6.29 Å². The maximum absolute atomic E-state index is 10.3. The third kappa shape index (κ3) is 3.19. The van der Waals surface area contributed by atoms with Crippen molar-refractivity contribution in [3.63, 3.8) is 0 Å². The number of hydrogen-bond acceptors (Lipinski definition) is 1. The molecule has 0 aliphatic rings. The molecular weight excluding hydrogens is 184 g/mol. The van der Waals surface area contributed by atoms with Crippen molar-refractivity contribution in [2.75, 3.05) is 0 Å². The average Bonchev–Trinajstić information content (AvgIpc) is 2.19. The van der Waals surface area contributed by atoms with Gasteiger partial charge in [0.25, 0.3) is 0 Å². The lowest BCUT2D eigenvalue weighted by Gasteiger charge is -2.03. The normalized spacial score (nSPS) is 12.5. The van der Waals surface area contributed by atoms with Crippen LogP contribution in [0.2, 0.25) is 0 Å². The van der Waals surface area contributed by atoms with Gasteiger partial charge in [-0.25, -0.2) is 0 Å². The summed E-state index contributed by atoms with van der Waals surface area (Å²) in [5.74, 6) is 0. The third-order valence-electron chi connectivity index (χ3n) is 2.01. The summed E-state index contributed by atoms with van der Waals surface area (Å²) in [6, 6.07) is 8.20. The summed E-state index contributed by atoms with van der Waals surface area (Å²) < 4.78 is 0. The molecule has 1 aromatic rings. The highest BCUT2D eigenvalue weighted by Crippen LogP contribution is 2.09. The van der Waals surface area contributed by atoms with Crippen LogP contribution in [0.5, 0.6) is 0 Å². The second-order valence-electron chi connectivity index (χ2n) is 3.03. The van der Waals surface area contributed by atoms with Gasteiger partial charge in [0, 0.05) is 0 Å².